The Bertz CT molecular complexity index is 630. The zero-order valence-corrected chi connectivity index (χ0v) is 12.3. The summed E-state index contributed by atoms with van der Waals surface area (Å²) in [5.74, 6) is -1.61. The largest absolute Gasteiger partial charge is 0.480 e. The maximum Gasteiger partial charge on any atom is 0.416 e. The maximum absolute atomic E-state index is 12.5. The number of aliphatic carboxylic acids is 1. The Hall–Kier alpha value is -1.29. The van der Waals surface area contributed by atoms with E-state index in [0.717, 1.165) is 19.1 Å². The van der Waals surface area contributed by atoms with Gasteiger partial charge in [-0.15, -0.1) is 0 Å². The lowest BCUT2D eigenvalue weighted by atomic mass is 10.2. The van der Waals surface area contributed by atoms with Crippen LogP contribution in [0.5, 0.6) is 0 Å². The molecule has 0 saturated carbocycles. The minimum atomic E-state index is -4.64. The van der Waals surface area contributed by atoms with Crippen LogP contribution in [0.2, 0.25) is 0 Å². The normalized spacial score (nSPS) is 13.8. The number of carboxylic acid groups (broad SMARTS) is 1. The molecule has 0 aromatic heterocycles. The van der Waals surface area contributed by atoms with Crippen molar-refractivity contribution in [2.75, 3.05) is 4.72 Å². The second-order valence-electron chi connectivity index (χ2n) is 3.82. The fraction of sp³-hybridized carbons (Fsp3) is 0.300. The molecule has 1 atom stereocenters. The number of carboxylic acids is 1. The summed E-state index contributed by atoms with van der Waals surface area (Å²) in [6.07, 6.45) is -4.64. The summed E-state index contributed by atoms with van der Waals surface area (Å²) in [5.41, 5.74) is -1.44. The van der Waals surface area contributed by atoms with Gasteiger partial charge >= 0.3 is 12.1 Å². The highest BCUT2D eigenvalue weighted by molar-refractivity contribution is 9.10. The highest BCUT2D eigenvalue weighted by Gasteiger charge is 2.32. The van der Waals surface area contributed by atoms with E-state index < -0.39 is 33.0 Å². The number of alkyl halides is 3. The van der Waals surface area contributed by atoms with Gasteiger partial charge in [-0.05, 0) is 41.1 Å². The molecular weight excluding hydrogens is 367 g/mol. The Labute approximate surface area is 121 Å². The number of hydrogen-bond acceptors (Lipinski definition) is 3. The molecule has 0 aliphatic rings. The van der Waals surface area contributed by atoms with Crippen LogP contribution in [0.25, 0.3) is 0 Å². The summed E-state index contributed by atoms with van der Waals surface area (Å²) < 4.78 is 62.8. The van der Waals surface area contributed by atoms with Gasteiger partial charge in [-0.25, -0.2) is 8.42 Å². The Kier molecular flexibility index (Phi) is 4.70. The van der Waals surface area contributed by atoms with Crippen molar-refractivity contribution < 1.29 is 31.5 Å². The lowest BCUT2D eigenvalue weighted by Gasteiger charge is -2.14. The molecule has 0 aliphatic carbocycles. The van der Waals surface area contributed by atoms with E-state index in [2.05, 4.69) is 15.9 Å². The summed E-state index contributed by atoms with van der Waals surface area (Å²) in [4.78, 5) is 10.6. The molecule has 1 aromatic carbocycles. The number of halogens is 4. The van der Waals surface area contributed by atoms with Gasteiger partial charge in [0, 0.05) is 4.47 Å². The summed E-state index contributed by atoms with van der Waals surface area (Å²) in [5, 5.41) is 6.84. The molecule has 0 heterocycles. The van der Waals surface area contributed by atoms with Crippen LogP contribution in [-0.4, -0.2) is 24.7 Å². The van der Waals surface area contributed by atoms with Gasteiger partial charge in [-0.1, -0.05) is 0 Å². The molecular formula is C10H9BrF3NO4S. The second-order valence-corrected chi connectivity index (χ2v) is 6.68. The lowest BCUT2D eigenvalue weighted by molar-refractivity contribution is -0.138. The molecule has 0 saturated heterocycles. The van der Waals surface area contributed by atoms with Crippen molar-refractivity contribution in [1.82, 2.24) is 0 Å². The average Bonchev–Trinajstić information content (AvgIpc) is 2.29. The maximum atomic E-state index is 12.5. The van der Waals surface area contributed by atoms with E-state index in [0.29, 0.717) is 6.07 Å². The quantitative estimate of drug-likeness (QED) is 0.847. The Morgan fingerprint density at radius 3 is 2.40 bits per heavy atom. The monoisotopic (exact) mass is 375 g/mol. The van der Waals surface area contributed by atoms with E-state index >= 15 is 0 Å². The predicted octanol–water partition coefficient (Wildman–Crippen LogP) is 2.68. The Balaban J connectivity index is 3.19. The molecule has 2 N–H and O–H groups in total. The molecule has 0 fully saturated rings. The van der Waals surface area contributed by atoms with Gasteiger partial charge in [0.1, 0.15) is 0 Å². The molecule has 10 heteroatoms. The zero-order valence-electron chi connectivity index (χ0n) is 9.90. The van der Waals surface area contributed by atoms with Crippen LogP contribution in [0.3, 0.4) is 0 Å². The third kappa shape index (κ3) is 3.85. The minimum absolute atomic E-state index is 0.0617. The first-order valence-corrected chi connectivity index (χ1v) is 7.40. The fourth-order valence-electron chi connectivity index (χ4n) is 1.15. The second kappa shape index (κ2) is 5.60. The third-order valence-electron chi connectivity index (χ3n) is 2.36. The summed E-state index contributed by atoms with van der Waals surface area (Å²) in [7, 11) is -4.34. The smallest absolute Gasteiger partial charge is 0.416 e. The van der Waals surface area contributed by atoms with Gasteiger partial charge in [0.25, 0.3) is 0 Å². The van der Waals surface area contributed by atoms with Gasteiger partial charge in [-0.2, -0.15) is 13.2 Å². The van der Waals surface area contributed by atoms with E-state index in [1.807, 2.05) is 4.72 Å². The van der Waals surface area contributed by atoms with Crippen LogP contribution in [0.4, 0.5) is 18.9 Å². The Morgan fingerprint density at radius 1 is 1.40 bits per heavy atom. The zero-order chi connectivity index (χ0) is 15.7. The lowest BCUT2D eigenvalue weighted by Crippen LogP contribution is -2.32. The van der Waals surface area contributed by atoms with E-state index in [9.17, 15) is 26.4 Å². The molecule has 0 radical (unpaired) electrons. The summed E-state index contributed by atoms with van der Waals surface area (Å²) in [6.45, 7) is 0.909. The van der Waals surface area contributed by atoms with Crippen LogP contribution in [-0.2, 0) is 21.0 Å². The van der Waals surface area contributed by atoms with Crippen molar-refractivity contribution in [3.8, 4) is 0 Å². The van der Waals surface area contributed by atoms with Gasteiger partial charge in [0.05, 0.1) is 11.3 Å². The third-order valence-corrected chi connectivity index (χ3v) is 4.69. The Morgan fingerprint density at radius 2 is 1.95 bits per heavy atom. The summed E-state index contributed by atoms with van der Waals surface area (Å²) in [6, 6.07) is 2.37. The molecule has 20 heavy (non-hydrogen) atoms. The van der Waals surface area contributed by atoms with Crippen LogP contribution in [0, 0.1) is 0 Å². The number of sulfonamides is 1. The molecule has 0 bridgehead atoms. The highest BCUT2D eigenvalue weighted by Crippen LogP contribution is 2.34. The van der Waals surface area contributed by atoms with Crippen molar-refractivity contribution in [3.63, 3.8) is 0 Å². The predicted molar refractivity (Wildman–Crippen MR) is 68.8 cm³/mol. The number of nitrogens with one attached hydrogen (secondary N) is 1. The van der Waals surface area contributed by atoms with E-state index in [-0.39, 0.29) is 10.2 Å². The molecule has 0 amide bonds. The van der Waals surface area contributed by atoms with Crippen molar-refractivity contribution in [2.24, 2.45) is 0 Å². The van der Waals surface area contributed by atoms with Gasteiger partial charge < -0.3 is 5.11 Å². The molecule has 5 nitrogen and oxygen atoms in total. The van der Waals surface area contributed by atoms with Gasteiger partial charge in [-0.3, -0.25) is 9.52 Å². The van der Waals surface area contributed by atoms with Crippen LogP contribution < -0.4 is 4.72 Å². The number of anilines is 1. The molecule has 0 spiro atoms. The molecule has 1 unspecified atom stereocenters. The number of carbonyl (C=O) groups is 1. The molecule has 0 aliphatic heterocycles. The highest BCUT2D eigenvalue weighted by atomic mass is 79.9. The van der Waals surface area contributed by atoms with Gasteiger partial charge in [0.2, 0.25) is 10.0 Å². The van der Waals surface area contributed by atoms with Crippen molar-refractivity contribution in [1.29, 1.82) is 0 Å². The molecule has 1 rings (SSSR count). The van der Waals surface area contributed by atoms with E-state index in [1.165, 1.54) is 0 Å². The summed E-state index contributed by atoms with van der Waals surface area (Å²) >= 11 is 2.89. The first kappa shape index (κ1) is 16.8. The number of rotatable bonds is 4. The molecule has 1 aromatic rings. The fourth-order valence-corrected chi connectivity index (χ4v) is 2.55. The SMILES string of the molecule is CC(C(=O)O)S(=O)(=O)Nc1cc(C(F)(F)F)ccc1Br. The molecule has 112 valence electrons. The van der Waals surface area contributed by atoms with Crippen molar-refractivity contribution >= 4 is 37.6 Å². The van der Waals surface area contributed by atoms with Crippen LogP contribution >= 0.6 is 15.9 Å². The average molecular weight is 376 g/mol. The first-order chi connectivity index (χ1) is 8.95. The van der Waals surface area contributed by atoms with Crippen molar-refractivity contribution in [3.05, 3.63) is 28.2 Å². The standard InChI is InChI=1S/C10H9BrF3NO4S/c1-5(9(16)17)20(18,19)15-8-4-6(10(12,13)14)2-3-7(8)11/h2-5,15H,1H3,(H,16,17). The van der Waals surface area contributed by atoms with E-state index in [1.54, 1.807) is 0 Å². The minimum Gasteiger partial charge on any atom is -0.480 e. The van der Waals surface area contributed by atoms with Crippen LogP contribution in [0.1, 0.15) is 12.5 Å². The van der Waals surface area contributed by atoms with Crippen LogP contribution in [0.15, 0.2) is 22.7 Å². The topological polar surface area (TPSA) is 83.5 Å². The van der Waals surface area contributed by atoms with Gasteiger partial charge in [0.15, 0.2) is 5.25 Å². The number of hydrogen-bond donors (Lipinski definition) is 2. The first-order valence-electron chi connectivity index (χ1n) is 5.06. The number of benzene rings is 1. The van der Waals surface area contributed by atoms with Crippen molar-refractivity contribution in [2.45, 2.75) is 18.3 Å². The van der Waals surface area contributed by atoms with E-state index in [4.69, 9.17) is 5.11 Å².